The Labute approximate surface area is 192 Å². The molecular weight excluding hydrogens is 426 g/mol. The molecule has 3 rings (SSSR count). The Balaban J connectivity index is 1.58. The van der Waals surface area contributed by atoms with Gasteiger partial charge in [0.2, 0.25) is 0 Å². The molecule has 0 aliphatic carbocycles. The molecule has 0 radical (unpaired) electrons. The predicted molar refractivity (Wildman–Crippen MR) is 128 cm³/mol. The molecule has 0 fully saturated rings. The number of carbonyl (C=O) groups excluding carboxylic acids is 2. The highest BCUT2D eigenvalue weighted by atomic mass is 35.5. The van der Waals surface area contributed by atoms with E-state index in [1.165, 1.54) is 5.56 Å². The van der Waals surface area contributed by atoms with Crippen LogP contribution in [0.4, 0.5) is 16.2 Å². The second-order valence-corrected chi connectivity index (χ2v) is 7.75. The van der Waals surface area contributed by atoms with Crippen molar-refractivity contribution in [3.8, 4) is 0 Å². The van der Waals surface area contributed by atoms with Crippen LogP contribution in [0.15, 0.2) is 72.8 Å². The molecule has 6 nitrogen and oxygen atoms in total. The van der Waals surface area contributed by atoms with Gasteiger partial charge in [0.1, 0.15) is 6.61 Å². The molecule has 0 bridgehead atoms. The molecule has 4 N–H and O–H groups in total. The zero-order valence-corrected chi connectivity index (χ0v) is 18.4. The first kappa shape index (κ1) is 23.3. The normalized spacial score (nSPS) is 10.4. The Morgan fingerprint density at radius 2 is 1.59 bits per heavy atom. The minimum absolute atomic E-state index is 0.142. The number of amides is 2. The summed E-state index contributed by atoms with van der Waals surface area (Å²) in [5.41, 5.74) is 8.96. The van der Waals surface area contributed by atoms with E-state index in [2.05, 4.69) is 10.6 Å². The zero-order valence-electron chi connectivity index (χ0n) is 17.6. The number of nitrogens with two attached hydrogens (primary N) is 1. The predicted octanol–water partition coefficient (Wildman–Crippen LogP) is 5.62. The van der Waals surface area contributed by atoms with Crippen LogP contribution in [-0.2, 0) is 17.8 Å². The molecule has 32 heavy (non-hydrogen) atoms. The van der Waals surface area contributed by atoms with Gasteiger partial charge in [-0.1, -0.05) is 54.1 Å². The smallest absolute Gasteiger partial charge is 0.411 e. The van der Waals surface area contributed by atoms with E-state index in [0.29, 0.717) is 28.5 Å². The summed E-state index contributed by atoms with van der Waals surface area (Å²) in [5.74, 6) is -0.330. The minimum Gasteiger partial charge on any atom is -0.444 e. The number of ether oxygens (including phenoxy) is 1. The van der Waals surface area contributed by atoms with Crippen molar-refractivity contribution in [2.24, 2.45) is 5.73 Å². The lowest BCUT2D eigenvalue weighted by Crippen LogP contribution is -2.15. The van der Waals surface area contributed by atoms with Crippen molar-refractivity contribution in [1.82, 2.24) is 0 Å². The van der Waals surface area contributed by atoms with Gasteiger partial charge in [0.15, 0.2) is 0 Å². The summed E-state index contributed by atoms with van der Waals surface area (Å²) in [4.78, 5) is 24.8. The van der Waals surface area contributed by atoms with Crippen molar-refractivity contribution < 1.29 is 14.3 Å². The van der Waals surface area contributed by atoms with Gasteiger partial charge in [0, 0.05) is 22.0 Å². The summed E-state index contributed by atoms with van der Waals surface area (Å²) in [6.07, 6.45) is 2.35. The van der Waals surface area contributed by atoms with E-state index in [1.807, 2.05) is 54.6 Å². The van der Waals surface area contributed by atoms with Gasteiger partial charge in [0.05, 0.1) is 0 Å². The maximum Gasteiger partial charge on any atom is 0.411 e. The molecule has 166 valence electrons. The van der Waals surface area contributed by atoms with E-state index < -0.39 is 6.09 Å². The molecule has 0 spiro atoms. The number of nitrogens with one attached hydrogen (secondary N) is 2. The van der Waals surface area contributed by atoms with Crippen LogP contribution >= 0.6 is 11.6 Å². The van der Waals surface area contributed by atoms with Crippen LogP contribution < -0.4 is 16.4 Å². The number of aryl methyl sites for hydroxylation is 1. The SMILES string of the molecule is NCCCCc1ccc(NC(=O)c2cc(Cl)cc(NC(=O)OCc3ccccc3)c2)cc1. The van der Waals surface area contributed by atoms with E-state index in [9.17, 15) is 9.59 Å². The van der Waals surface area contributed by atoms with E-state index in [0.717, 1.165) is 24.8 Å². The van der Waals surface area contributed by atoms with E-state index in [4.69, 9.17) is 22.1 Å². The maximum absolute atomic E-state index is 12.7. The minimum atomic E-state index is -0.632. The lowest BCUT2D eigenvalue weighted by molar-refractivity contribution is 0.102. The molecule has 0 aliphatic rings. The molecule has 0 aromatic heterocycles. The highest BCUT2D eigenvalue weighted by molar-refractivity contribution is 6.31. The number of hydrogen-bond donors (Lipinski definition) is 3. The summed E-state index contributed by atoms with van der Waals surface area (Å²) in [5, 5.41) is 5.78. The fourth-order valence-corrected chi connectivity index (χ4v) is 3.34. The number of halogens is 1. The number of anilines is 2. The van der Waals surface area contributed by atoms with Crippen LogP contribution in [0.5, 0.6) is 0 Å². The van der Waals surface area contributed by atoms with Crippen LogP contribution in [0.2, 0.25) is 5.02 Å². The Bertz CT molecular complexity index is 1040. The fraction of sp³-hybridized carbons (Fsp3) is 0.200. The molecule has 0 heterocycles. The van der Waals surface area contributed by atoms with Crippen LogP contribution in [0, 0.1) is 0 Å². The van der Waals surface area contributed by atoms with Gasteiger partial charge in [0.25, 0.3) is 5.91 Å². The number of hydrogen-bond acceptors (Lipinski definition) is 4. The highest BCUT2D eigenvalue weighted by Crippen LogP contribution is 2.21. The Hall–Kier alpha value is -3.35. The highest BCUT2D eigenvalue weighted by Gasteiger charge is 2.11. The first-order valence-electron chi connectivity index (χ1n) is 10.4. The molecule has 0 aliphatic heterocycles. The number of unbranched alkanes of at least 4 members (excludes halogenated alkanes) is 1. The van der Waals surface area contributed by atoms with Crippen LogP contribution in [0.3, 0.4) is 0 Å². The van der Waals surface area contributed by atoms with Gasteiger partial charge < -0.3 is 15.8 Å². The average molecular weight is 452 g/mol. The van der Waals surface area contributed by atoms with Crippen LogP contribution in [0.25, 0.3) is 0 Å². The fourth-order valence-electron chi connectivity index (χ4n) is 3.10. The Kier molecular flexibility index (Phi) is 8.66. The van der Waals surface area contributed by atoms with Crippen LogP contribution in [0.1, 0.15) is 34.3 Å². The molecule has 2 amide bonds. The molecule has 0 saturated heterocycles. The van der Waals surface area contributed by atoms with Crippen LogP contribution in [-0.4, -0.2) is 18.5 Å². The summed E-state index contributed by atoms with van der Waals surface area (Å²) in [7, 11) is 0. The summed E-state index contributed by atoms with van der Waals surface area (Å²) < 4.78 is 5.21. The van der Waals surface area contributed by atoms with E-state index in [-0.39, 0.29) is 12.5 Å². The summed E-state index contributed by atoms with van der Waals surface area (Å²) in [6.45, 7) is 0.832. The first-order valence-corrected chi connectivity index (χ1v) is 10.8. The average Bonchev–Trinajstić information content (AvgIpc) is 2.79. The largest absolute Gasteiger partial charge is 0.444 e. The number of rotatable bonds is 9. The van der Waals surface area contributed by atoms with Crippen molar-refractivity contribution in [3.05, 3.63) is 94.5 Å². The summed E-state index contributed by atoms with van der Waals surface area (Å²) in [6, 6.07) is 21.7. The lowest BCUT2D eigenvalue weighted by Gasteiger charge is -2.10. The topological polar surface area (TPSA) is 93.5 Å². The number of benzene rings is 3. The van der Waals surface area contributed by atoms with Crippen molar-refractivity contribution in [2.45, 2.75) is 25.9 Å². The molecule has 7 heteroatoms. The Morgan fingerprint density at radius 3 is 2.31 bits per heavy atom. The molecule has 0 unspecified atom stereocenters. The van der Waals surface area contributed by atoms with Gasteiger partial charge in [-0.25, -0.2) is 4.79 Å². The molecule has 3 aromatic rings. The van der Waals surface area contributed by atoms with Gasteiger partial charge in [-0.3, -0.25) is 10.1 Å². The standard InChI is InChI=1S/C25H26ClN3O3/c26-21-14-20(24(30)28-22-11-9-18(10-12-22)6-4-5-13-27)15-23(16-21)29-25(31)32-17-19-7-2-1-3-8-19/h1-3,7-12,14-16H,4-6,13,17,27H2,(H,28,30)(H,29,31). The second-order valence-electron chi connectivity index (χ2n) is 7.31. The van der Waals surface area contributed by atoms with Crippen molar-refractivity contribution in [1.29, 1.82) is 0 Å². The lowest BCUT2D eigenvalue weighted by atomic mass is 10.1. The van der Waals surface area contributed by atoms with E-state index >= 15 is 0 Å². The summed E-state index contributed by atoms with van der Waals surface area (Å²) >= 11 is 6.15. The molecule has 0 saturated carbocycles. The van der Waals surface area contributed by atoms with Gasteiger partial charge in [-0.05, 0) is 67.3 Å². The Morgan fingerprint density at radius 1 is 0.844 bits per heavy atom. The molecular formula is C25H26ClN3O3. The van der Waals surface area contributed by atoms with Gasteiger partial charge >= 0.3 is 6.09 Å². The third-order valence-corrected chi connectivity index (χ3v) is 4.97. The van der Waals surface area contributed by atoms with Gasteiger partial charge in [-0.2, -0.15) is 0 Å². The van der Waals surface area contributed by atoms with Crippen molar-refractivity contribution >= 4 is 35.0 Å². The van der Waals surface area contributed by atoms with E-state index in [1.54, 1.807) is 18.2 Å². The maximum atomic E-state index is 12.7. The number of carbonyl (C=O) groups is 2. The third-order valence-electron chi connectivity index (χ3n) is 4.75. The second kappa shape index (κ2) is 11.9. The molecule has 0 atom stereocenters. The first-order chi connectivity index (χ1) is 15.5. The third kappa shape index (κ3) is 7.41. The quantitative estimate of drug-likeness (QED) is 0.368. The van der Waals surface area contributed by atoms with Gasteiger partial charge in [-0.15, -0.1) is 0 Å². The van der Waals surface area contributed by atoms with Crippen molar-refractivity contribution in [2.75, 3.05) is 17.2 Å². The monoisotopic (exact) mass is 451 g/mol. The van der Waals surface area contributed by atoms with Crippen molar-refractivity contribution in [3.63, 3.8) is 0 Å². The molecule has 3 aromatic carbocycles. The zero-order chi connectivity index (χ0) is 22.8.